The highest BCUT2D eigenvalue weighted by molar-refractivity contribution is 7.09. The minimum absolute atomic E-state index is 0.0872. The number of ether oxygens (including phenoxy) is 1. The van der Waals surface area contributed by atoms with E-state index in [-0.39, 0.29) is 18.4 Å². The van der Waals surface area contributed by atoms with Crippen molar-refractivity contribution in [1.29, 1.82) is 0 Å². The normalized spacial score (nSPS) is 12.4. The van der Waals surface area contributed by atoms with Crippen LogP contribution in [-0.4, -0.2) is 28.2 Å². The molecule has 0 aliphatic carbocycles. The number of alkyl carbamates (subject to hydrolysis) is 1. The lowest BCUT2D eigenvalue weighted by Crippen LogP contribution is -2.42. The third-order valence-corrected chi connectivity index (χ3v) is 4.73. The van der Waals surface area contributed by atoms with Gasteiger partial charge in [-0.15, -0.1) is 11.3 Å². The molecule has 0 spiro atoms. The van der Waals surface area contributed by atoms with Gasteiger partial charge in [0.2, 0.25) is 0 Å². The smallest absolute Gasteiger partial charge is 0.408 e. The Morgan fingerprint density at radius 3 is 2.52 bits per heavy atom. The number of nitrogens with zero attached hydrogens (tertiary/aromatic N) is 1. The molecule has 1 unspecified atom stereocenters. The molecule has 2 N–H and O–H groups in total. The molecule has 0 radical (unpaired) electrons. The van der Waals surface area contributed by atoms with Crippen molar-refractivity contribution in [2.24, 2.45) is 0 Å². The van der Waals surface area contributed by atoms with E-state index < -0.39 is 18.1 Å². The molecule has 0 aliphatic heterocycles. The van der Waals surface area contributed by atoms with Crippen LogP contribution in [0.3, 0.4) is 0 Å². The predicted octanol–water partition coefficient (Wildman–Crippen LogP) is 3.36. The first-order valence-corrected chi connectivity index (χ1v) is 8.78. The summed E-state index contributed by atoms with van der Waals surface area (Å²) < 4.78 is 5.07. The van der Waals surface area contributed by atoms with Crippen LogP contribution in [0.5, 0.6) is 0 Å². The Morgan fingerprint density at radius 2 is 1.96 bits per heavy atom. The SMILES string of the molecule is CC(C)(C)c1nc(CC(NC(=O)OCc2ccccc2)C(=O)O)cs1. The predicted molar refractivity (Wildman–Crippen MR) is 95.7 cm³/mol. The van der Waals surface area contributed by atoms with Gasteiger partial charge in [0.1, 0.15) is 12.6 Å². The first kappa shape index (κ1) is 18.9. The zero-order valence-electron chi connectivity index (χ0n) is 14.5. The fourth-order valence-electron chi connectivity index (χ4n) is 2.06. The van der Waals surface area contributed by atoms with Gasteiger partial charge < -0.3 is 15.2 Å². The Kier molecular flexibility index (Phi) is 6.14. The lowest BCUT2D eigenvalue weighted by Gasteiger charge is -2.15. The molecule has 134 valence electrons. The van der Waals surface area contributed by atoms with E-state index in [1.165, 1.54) is 11.3 Å². The maximum Gasteiger partial charge on any atom is 0.408 e. The van der Waals surface area contributed by atoms with Crippen LogP contribution in [0.25, 0.3) is 0 Å². The molecule has 0 fully saturated rings. The first-order valence-electron chi connectivity index (χ1n) is 7.90. The van der Waals surface area contributed by atoms with E-state index in [1.54, 1.807) is 0 Å². The van der Waals surface area contributed by atoms with Crippen LogP contribution in [0.15, 0.2) is 35.7 Å². The molecule has 2 aromatic rings. The number of rotatable bonds is 6. The minimum Gasteiger partial charge on any atom is -0.480 e. The van der Waals surface area contributed by atoms with Gasteiger partial charge in [0, 0.05) is 17.2 Å². The topological polar surface area (TPSA) is 88.5 Å². The van der Waals surface area contributed by atoms with Crippen LogP contribution in [0, 0.1) is 0 Å². The lowest BCUT2D eigenvalue weighted by molar-refractivity contribution is -0.139. The van der Waals surface area contributed by atoms with Crippen LogP contribution in [0.4, 0.5) is 4.79 Å². The number of aliphatic carboxylic acids is 1. The molecular formula is C18H22N2O4S. The Labute approximate surface area is 150 Å². The van der Waals surface area contributed by atoms with Crippen molar-refractivity contribution in [2.45, 2.75) is 45.3 Å². The summed E-state index contributed by atoms with van der Waals surface area (Å²) >= 11 is 1.49. The maximum absolute atomic E-state index is 11.9. The number of hydrogen-bond acceptors (Lipinski definition) is 5. The van der Waals surface area contributed by atoms with Crippen molar-refractivity contribution in [1.82, 2.24) is 10.3 Å². The van der Waals surface area contributed by atoms with Crippen LogP contribution in [0.2, 0.25) is 0 Å². The Bertz CT molecular complexity index is 722. The molecule has 0 aliphatic rings. The number of carboxylic acid groups (broad SMARTS) is 1. The summed E-state index contributed by atoms with van der Waals surface area (Å²) in [6, 6.07) is 8.11. The van der Waals surface area contributed by atoms with Crippen LogP contribution >= 0.6 is 11.3 Å². The van der Waals surface area contributed by atoms with Gasteiger partial charge in [-0.3, -0.25) is 0 Å². The fourth-order valence-corrected chi connectivity index (χ4v) is 2.98. The molecule has 0 saturated carbocycles. The van der Waals surface area contributed by atoms with E-state index in [2.05, 4.69) is 10.3 Å². The van der Waals surface area contributed by atoms with E-state index in [4.69, 9.17) is 4.74 Å². The number of carbonyl (C=O) groups is 2. The van der Waals surface area contributed by atoms with E-state index in [0.29, 0.717) is 5.69 Å². The Morgan fingerprint density at radius 1 is 1.28 bits per heavy atom. The van der Waals surface area contributed by atoms with Gasteiger partial charge in [0.25, 0.3) is 0 Å². The van der Waals surface area contributed by atoms with Crippen molar-refractivity contribution < 1.29 is 19.4 Å². The van der Waals surface area contributed by atoms with E-state index in [0.717, 1.165) is 10.6 Å². The van der Waals surface area contributed by atoms with Gasteiger partial charge in [0.15, 0.2) is 0 Å². The van der Waals surface area contributed by atoms with E-state index in [1.807, 2.05) is 56.5 Å². The maximum atomic E-state index is 11.9. The molecule has 1 aromatic heterocycles. The van der Waals surface area contributed by atoms with Gasteiger partial charge in [-0.1, -0.05) is 51.1 Å². The zero-order valence-corrected chi connectivity index (χ0v) is 15.3. The molecule has 1 aromatic carbocycles. The summed E-state index contributed by atoms with van der Waals surface area (Å²) in [6.45, 7) is 6.22. The summed E-state index contributed by atoms with van der Waals surface area (Å²) in [7, 11) is 0. The average molecular weight is 362 g/mol. The number of amides is 1. The third kappa shape index (κ3) is 5.86. The monoisotopic (exact) mass is 362 g/mol. The fraction of sp³-hybridized carbons (Fsp3) is 0.389. The molecule has 25 heavy (non-hydrogen) atoms. The van der Waals surface area contributed by atoms with Crippen LogP contribution in [0.1, 0.15) is 37.0 Å². The molecule has 6 nitrogen and oxygen atoms in total. The summed E-state index contributed by atoms with van der Waals surface area (Å²) in [5.74, 6) is -1.12. The molecule has 1 amide bonds. The third-order valence-electron chi connectivity index (χ3n) is 3.41. The van der Waals surface area contributed by atoms with Crippen molar-refractivity contribution in [3.63, 3.8) is 0 Å². The van der Waals surface area contributed by atoms with E-state index >= 15 is 0 Å². The summed E-state index contributed by atoms with van der Waals surface area (Å²) in [6.07, 6.45) is -0.648. The first-order chi connectivity index (χ1) is 11.8. The van der Waals surface area contributed by atoms with Gasteiger partial charge in [-0.2, -0.15) is 0 Å². The second-order valence-electron chi connectivity index (χ2n) is 6.70. The molecule has 1 atom stereocenters. The quantitative estimate of drug-likeness (QED) is 0.822. The van der Waals surface area contributed by atoms with Crippen molar-refractivity contribution in [3.05, 3.63) is 52.0 Å². The summed E-state index contributed by atoms with van der Waals surface area (Å²) in [4.78, 5) is 27.8. The van der Waals surface area contributed by atoms with Crippen molar-refractivity contribution >= 4 is 23.4 Å². The average Bonchev–Trinajstić information content (AvgIpc) is 3.02. The highest BCUT2D eigenvalue weighted by Crippen LogP contribution is 2.25. The van der Waals surface area contributed by atoms with Gasteiger partial charge in [-0.05, 0) is 5.56 Å². The highest BCUT2D eigenvalue weighted by Gasteiger charge is 2.24. The number of carboxylic acids is 1. The number of aromatic nitrogens is 1. The molecule has 0 bridgehead atoms. The Hall–Kier alpha value is -2.41. The van der Waals surface area contributed by atoms with Crippen LogP contribution in [-0.2, 0) is 28.0 Å². The molecular weight excluding hydrogens is 340 g/mol. The standard InChI is InChI=1S/C18H22N2O4S/c1-18(2,3)16-19-13(11-25-16)9-14(15(21)22)20-17(23)24-10-12-7-5-4-6-8-12/h4-8,11,14H,9-10H2,1-3H3,(H,20,23)(H,21,22). The summed E-state index contributed by atoms with van der Waals surface area (Å²) in [5, 5.41) is 14.5. The second-order valence-corrected chi connectivity index (χ2v) is 7.55. The van der Waals surface area contributed by atoms with Crippen molar-refractivity contribution in [3.8, 4) is 0 Å². The zero-order chi connectivity index (χ0) is 18.4. The number of thiazole rings is 1. The van der Waals surface area contributed by atoms with Gasteiger partial charge in [-0.25, -0.2) is 14.6 Å². The molecule has 2 rings (SSSR count). The number of hydrogen-bond donors (Lipinski definition) is 2. The molecule has 1 heterocycles. The lowest BCUT2D eigenvalue weighted by atomic mass is 9.98. The highest BCUT2D eigenvalue weighted by atomic mass is 32.1. The minimum atomic E-state index is -1.12. The van der Waals surface area contributed by atoms with Crippen LogP contribution < -0.4 is 5.32 Å². The Balaban J connectivity index is 1.93. The van der Waals surface area contributed by atoms with Gasteiger partial charge >= 0.3 is 12.1 Å². The summed E-state index contributed by atoms with van der Waals surface area (Å²) in [5.41, 5.74) is 1.38. The largest absolute Gasteiger partial charge is 0.480 e. The van der Waals surface area contributed by atoms with Gasteiger partial charge in [0.05, 0.1) is 10.7 Å². The molecule has 7 heteroatoms. The van der Waals surface area contributed by atoms with Crippen molar-refractivity contribution in [2.75, 3.05) is 0 Å². The molecule has 0 saturated heterocycles. The number of carbonyl (C=O) groups excluding carboxylic acids is 1. The second kappa shape index (κ2) is 8.11. The van der Waals surface area contributed by atoms with E-state index in [9.17, 15) is 14.7 Å². The number of nitrogens with one attached hydrogen (secondary N) is 1. The number of benzene rings is 1.